The second-order valence-electron chi connectivity index (χ2n) is 10.2. The predicted molar refractivity (Wildman–Crippen MR) is 145 cm³/mol. The number of rotatable bonds is 8. The van der Waals surface area contributed by atoms with Crippen LogP contribution in [-0.2, 0) is 35.5 Å². The highest BCUT2D eigenvalue weighted by atomic mass is 16.5. The van der Waals surface area contributed by atoms with E-state index < -0.39 is 0 Å². The number of benzene rings is 3. The molecule has 1 aliphatic heterocycles. The first-order valence-corrected chi connectivity index (χ1v) is 13.2. The molecule has 37 heavy (non-hydrogen) atoms. The summed E-state index contributed by atoms with van der Waals surface area (Å²) >= 11 is 0. The van der Waals surface area contributed by atoms with Crippen LogP contribution >= 0.6 is 0 Å². The molecular formula is C31H35N3O3. The number of piperidine rings is 1. The van der Waals surface area contributed by atoms with Crippen molar-refractivity contribution in [3.05, 3.63) is 95.1 Å². The number of nitrogens with zero attached hydrogens (tertiary/aromatic N) is 1. The molecule has 192 valence electrons. The maximum absolute atomic E-state index is 13.4. The number of carbonyl (C=O) groups is 2. The molecule has 2 aliphatic rings. The third-order valence-corrected chi connectivity index (χ3v) is 7.51. The first-order chi connectivity index (χ1) is 18.1. The van der Waals surface area contributed by atoms with E-state index in [1.165, 1.54) is 23.1 Å². The van der Waals surface area contributed by atoms with Gasteiger partial charge in [-0.15, -0.1) is 0 Å². The van der Waals surface area contributed by atoms with Gasteiger partial charge in [-0.2, -0.15) is 0 Å². The summed E-state index contributed by atoms with van der Waals surface area (Å²) in [4.78, 5) is 28.9. The Morgan fingerprint density at radius 3 is 2.35 bits per heavy atom. The zero-order valence-corrected chi connectivity index (χ0v) is 21.4. The van der Waals surface area contributed by atoms with Crippen LogP contribution in [0.15, 0.2) is 72.8 Å². The second kappa shape index (κ2) is 11.6. The number of nitrogens with one attached hydrogen (secondary N) is 2. The SMILES string of the molecule is COc1ccc(CNC(=O)[C@H]2C[C@@H](C(=O)Nc3ccc4c(c3)CCC4)CN(Cc3ccccc3)C2)cc1. The molecule has 6 nitrogen and oxygen atoms in total. The number of ether oxygens (including phenoxy) is 1. The van der Waals surface area contributed by atoms with E-state index in [-0.39, 0.29) is 23.7 Å². The van der Waals surface area contributed by atoms with Gasteiger partial charge in [-0.3, -0.25) is 14.5 Å². The number of aryl methyl sites for hydroxylation is 2. The minimum absolute atomic E-state index is 0.0103. The molecule has 0 bridgehead atoms. The van der Waals surface area contributed by atoms with Crippen molar-refractivity contribution in [1.82, 2.24) is 10.2 Å². The Labute approximate surface area is 219 Å². The van der Waals surface area contributed by atoms with Gasteiger partial charge >= 0.3 is 0 Å². The second-order valence-corrected chi connectivity index (χ2v) is 10.2. The van der Waals surface area contributed by atoms with Gasteiger partial charge in [-0.1, -0.05) is 48.5 Å². The fourth-order valence-electron chi connectivity index (χ4n) is 5.51. The molecular weight excluding hydrogens is 462 g/mol. The van der Waals surface area contributed by atoms with Crippen molar-refractivity contribution < 1.29 is 14.3 Å². The Hall–Kier alpha value is -3.64. The van der Waals surface area contributed by atoms with Crippen LogP contribution in [-0.4, -0.2) is 36.9 Å². The molecule has 2 atom stereocenters. The standard InChI is InChI=1S/C31H35N3O3/c1-37-29-14-10-22(11-15-29)18-32-30(35)26-16-27(21-34(20-26)19-23-6-3-2-4-7-23)31(36)33-28-13-12-24-8-5-9-25(24)17-28/h2-4,6-7,10-15,17,26-27H,5,8-9,16,18-21H2,1H3,(H,32,35)(H,33,36)/t26-,27+/m0/s1. The van der Waals surface area contributed by atoms with Gasteiger partial charge in [-0.05, 0) is 72.2 Å². The molecule has 0 spiro atoms. The highest BCUT2D eigenvalue weighted by Gasteiger charge is 2.35. The number of likely N-dealkylation sites (tertiary alicyclic amines) is 1. The average molecular weight is 498 g/mol. The number of hydrogen-bond donors (Lipinski definition) is 2. The van der Waals surface area contributed by atoms with E-state index in [9.17, 15) is 9.59 Å². The molecule has 1 fully saturated rings. The maximum atomic E-state index is 13.4. The maximum Gasteiger partial charge on any atom is 0.228 e. The van der Waals surface area contributed by atoms with E-state index >= 15 is 0 Å². The van der Waals surface area contributed by atoms with Crippen molar-refractivity contribution in [2.75, 3.05) is 25.5 Å². The highest BCUT2D eigenvalue weighted by molar-refractivity contribution is 5.93. The number of fused-ring (bicyclic) bond motifs is 1. The zero-order chi connectivity index (χ0) is 25.6. The molecule has 2 amide bonds. The Kier molecular flexibility index (Phi) is 7.85. The molecule has 0 aromatic heterocycles. The van der Waals surface area contributed by atoms with Crippen LogP contribution in [0.5, 0.6) is 5.75 Å². The van der Waals surface area contributed by atoms with E-state index in [1.807, 2.05) is 48.5 Å². The third-order valence-electron chi connectivity index (χ3n) is 7.51. The summed E-state index contributed by atoms with van der Waals surface area (Å²) in [6.07, 6.45) is 3.91. The van der Waals surface area contributed by atoms with Gasteiger partial charge in [0, 0.05) is 31.9 Å². The van der Waals surface area contributed by atoms with Crippen molar-refractivity contribution in [3.63, 3.8) is 0 Å². The van der Waals surface area contributed by atoms with Crippen molar-refractivity contribution >= 4 is 17.5 Å². The molecule has 1 saturated heterocycles. The number of carbonyl (C=O) groups excluding carboxylic acids is 2. The molecule has 0 radical (unpaired) electrons. The lowest BCUT2D eigenvalue weighted by Gasteiger charge is -2.36. The van der Waals surface area contributed by atoms with Crippen LogP contribution in [0.1, 0.15) is 35.1 Å². The molecule has 2 N–H and O–H groups in total. The topological polar surface area (TPSA) is 70.7 Å². The summed E-state index contributed by atoms with van der Waals surface area (Å²) in [5, 5.41) is 6.23. The van der Waals surface area contributed by atoms with E-state index in [4.69, 9.17) is 4.74 Å². The van der Waals surface area contributed by atoms with Gasteiger partial charge < -0.3 is 15.4 Å². The molecule has 6 heteroatoms. The molecule has 3 aromatic rings. The lowest BCUT2D eigenvalue weighted by Crippen LogP contribution is -2.48. The summed E-state index contributed by atoms with van der Waals surface area (Å²) in [6.45, 7) is 2.43. The van der Waals surface area contributed by atoms with Crippen LogP contribution in [0.2, 0.25) is 0 Å². The summed E-state index contributed by atoms with van der Waals surface area (Å²) in [6, 6.07) is 24.2. The molecule has 0 saturated carbocycles. The molecule has 5 rings (SSSR count). The van der Waals surface area contributed by atoms with Crippen LogP contribution in [0.3, 0.4) is 0 Å². The minimum atomic E-state index is -0.262. The van der Waals surface area contributed by atoms with Crippen molar-refractivity contribution in [3.8, 4) is 5.75 Å². The Bertz CT molecular complexity index is 1230. The van der Waals surface area contributed by atoms with Crippen molar-refractivity contribution in [1.29, 1.82) is 0 Å². The van der Waals surface area contributed by atoms with E-state index in [1.54, 1.807) is 7.11 Å². The Morgan fingerprint density at radius 1 is 0.865 bits per heavy atom. The van der Waals surface area contributed by atoms with Crippen molar-refractivity contribution in [2.24, 2.45) is 11.8 Å². The lowest BCUT2D eigenvalue weighted by molar-refractivity contribution is -0.130. The zero-order valence-electron chi connectivity index (χ0n) is 21.4. The summed E-state index contributed by atoms with van der Waals surface area (Å²) in [7, 11) is 1.64. The molecule has 0 unspecified atom stereocenters. The van der Waals surface area contributed by atoms with E-state index in [2.05, 4.69) is 39.8 Å². The van der Waals surface area contributed by atoms with Crippen LogP contribution in [0, 0.1) is 11.8 Å². The first-order valence-electron chi connectivity index (χ1n) is 13.2. The van der Waals surface area contributed by atoms with Gasteiger partial charge in [0.15, 0.2) is 0 Å². The molecule has 3 aromatic carbocycles. The Morgan fingerprint density at radius 2 is 1.59 bits per heavy atom. The Balaban J connectivity index is 1.26. The minimum Gasteiger partial charge on any atom is -0.497 e. The number of methoxy groups -OCH3 is 1. The van der Waals surface area contributed by atoms with Gasteiger partial charge in [0.1, 0.15) is 5.75 Å². The van der Waals surface area contributed by atoms with Crippen LogP contribution in [0.4, 0.5) is 5.69 Å². The van der Waals surface area contributed by atoms with Crippen LogP contribution in [0.25, 0.3) is 0 Å². The average Bonchev–Trinajstić information content (AvgIpc) is 3.40. The van der Waals surface area contributed by atoms with Crippen molar-refractivity contribution in [2.45, 2.75) is 38.8 Å². The monoisotopic (exact) mass is 497 g/mol. The smallest absolute Gasteiger partial charge is 0.228 e. The van der Waals surface area contributed by atoms with Gasteiger partial charge in [0.2, 0.25) is 11.8 Å². The van der Waals surface area contributed by atoms with Gasteiger partial charge in [-0.25, -0.2) is 0 Å². The molecule has 1 heterocycles. The highest BCUT2D eigenvalue weighted by Crippen LogP contribution is 2.28. The lowest BCUT2D eigenvalue weighted by atomic mass is 9.87. The number of anilines is 1. The van der Waals surface area contributed by atoms with E-state index in [0.29, 0.717) is 32.6 Å². The first kappa shape index (κ1) is 25.0. The number of amides is 2. The summed E-state index contributed by atoms with van der Waals surface area (Å²) in [5.41, 5.74) is 5.77. The summed E-state index contributed by atoms with van der Waals surface area (Å²) < 4.78 is 5.22. The fraction of sp³-hybridized carbons (Fsp3) is 0.355. The largest absolute Gasteiger partial charge is 0.497 e. The fourth-order valence-corrected chi connectivity index (χ4v) is 5.51. The molecule has 1 aliphatic carbocycles. The number of hydrogen-bond acceptors (Lipinski definition) is 4. The van der Waals surface area contributed by atoms with Gasteiger partial charge in [0.05, 0.1) is 18.9 Å². The summed E-state index contributed by atoms with van der Waals surface area (Å²) in [5.74, 6) is 0.248. The quantitative estimate of drug-likeness (QED) is 0.478. The third kappa shape index (κ3) is 6.38. The predicted octanol–water partition coefficient (Wildman–Crippen LogP) is 4.58. The van der Waals surface area contributed by atoms with E-state index in [0.717, 1.165) is 29.8 Å². The van der Waals surface area contributed by atoms with Gasteiger partial charge in [0.25, 0.3) is 0 Å². The van der Waals surface area contributed by atoms with Crippen LogP contribution < -0.4 is 15.4 Å². The normalized spacial score (nSPS) is 19.2.